The number of carbonyl (C=O) groups is 1. The molecule has 82 valence electrons. The van der Waals surface area contributed by atoms with Crippen LogP contribution in [0.4, 0.5) is 17.6 Å². The van der Waals surface area contributed by atoms with Gasteiger partial charge in [0.25, 0.3) is 0 Å². The number of rotatable bonds is 2. The van der Waals surface area contributed by atoms with Crippen LogP contribution in [-0.4, -0.2) is 17.3 Å². The standard InChI is InChI=1S/C8H4F4O2S/c1-15-7-2(8(13)14)3(9)4(10)5(11)6(7)12/h1H3,(H,13,14). The minimum absolute atomic E-state index is 0.485. The number of thioether (sulfide) groups is 1. The molecular weight excluding hydrogens is 236 g/mol. The lowest BCUT2D eigenvalue weighted by Gasteiger charge is -2.07. The molecule has 7 heteroatoms. The molecule has 2 nitrogen and oxygen atoms in total. The van der Waals surface area contributed by atoms with E-state index in [0.717, 1.165) is 0 Å². The van der Waals surface area contributed by atoms with E-state index in [-0.39, 0.29) is 0 Å². The zero-order valence-corrected chi connectivity index (χ0v) is 8.09. The summed E-state index contributed by atoms with van der Waals surface area (Å²) in [6.07, 6.45) is 1.22. The predicted molar refractivity (Wildman–Crippen MR) is 45.0 cm³/mol. The number of hydrogen-bond acceptors (Lipinski definition) is 2. The molecule has 0 atom stereocenters. The molecule has 0 saturated carbocycles. The zero-order chi connectivity index (χ0) is 11.7. The molecule has 0 radical (unpaired) electrons. The maximum absolute atomic E-state index is 13.0. The summed E-state index contributed by atoms with van der Waals surface area (Å²) >= 11 is 0.485. The largest absolute Gasteiger partial charge is 0.478 e. The normalized spacial score (nSPS) is 10.5. The third-order valence-corrected chi connectivity index (χ3v) is 2.43. The van der Waals surface area contributed by atoms with Gasteiger partial charge in [0.05, 0.1) is 4.90 Å². The highest BCUT2D eigenvalue weighted by molar-refractivity contribution is 7.98. The minimum atomic E-state index is -2.12. The molecule has 15 heavy (non-hydrogen) atoms. The molecule has 1 aromatic rings. The molecule has 1 rings (SSSR count). The smallest absolute Gasteiger partial charge is 0.340 e. The van der Waals surface area contributed by atoms with Gasteiger partial charge in [0, 0.05) is 0 Å². The third kappa shape index (κ3) is 1.79. The fourth-order valence-electron chi connectivity index (χ4n) is 0.994. The number of halogens is 4. The lowest BCUT2D eigenvalue weighted by Crippen LogP contribution is -2.10. The van der Waals surface area contributed by atoms with E-state index in [1.165, 1.54) is 6.26 Å². The van der Waals surface area contributed by atoms with Gasteiger partial charge in [-0.1, -0.05) is 0 Å². The Kier molecular flexibility index (Phi) is 3.23. The Morgan fingerprint density at radius 2 is 1.53 bits per heavy atom. The van der Waals surface area contributed by atoms with Crippen molar-refractivity contribution in [1.29, 1.82) is 0 Å². The summed E-state index contributed by atoms with van der Waals surface area (Å²) in [4.78, 5) is 9.74. The predicted octanol–water partition coefficient (Wildman–Crippen LogP) is 2.66. The van der Waals surface area contributed by atoms with Crippen LogP contribution in [0, 0.1) is 23.3 Å². The topological polar surface area (TPSA) is 37.3 Å². The summed E-state index contributed by atoms with van der Waals surface area (Å²) in [6.45, 7) is 0. The van der Waals surface area contributed by atoms with E-state index in [9.17, 15) is 22.4 Å². The first kappa shape index (κ1) is 11.8. The number of carboxylic acids is 1. The van der Waals surface area contributed by atoms with Gasteiger partial charge >= 0.3 is 5.97 Å². The van der Waals surface area contributed by atoms with E-state index in [1.807, 2.05) is 0 Å². The molecule has 1 N–H and O–H groups in total. The molecular formula is C8H4F4O2S. The first-order chi connectivity index (χ1) is 6.91. The number of hydrogen-bond donors (Lipinski definition) is 1. The second kappa shape index (κ2) is 4.09. The zero-order valence-electron chi connectivity index (χ0n) is 7.28. The highest BCUT2D eigenvalue weighted by Gasteiger charge is 2.28. The maximum Gasteiger partial charge on any atom is 0.340 e. The number of aromatic carboxylic acids is 1. The van der Waals surface area contributed by atoms with Gasteiger partial charge < -0.3 is 5.11 Å². The Bertz CT molecular complexity index is 433. The second-order valence-electron chi connectivity index (χ2n) is 2.47. The molecule has 0 aliphatic heterocycles. The van der Waals surface area contributed by atoms with E-state index in [4.69, 9.17) is 5.11 Å². The minimum Gasteiger partial charge on any atom is -0.478 e. The Hall–Kier alpha value is -1.24. The Balaban J connectivity index is 3.70. The lowest BCUT2D eigenvalue weighted by atomic mass is 10.2. The van der Waals surface area contributed by atoms with E-state index < -0.39 is 39.7 Å². The summed E-state index contributed by atoms with van der Waals surface area (Å²) in [5, 5.41) is 8.51. The van der Waals surface area contributed by atoms with E-state index >= 15 is 0 Å². The molecule has 0 aromatic heterocycles. The first-order valence-corrected chi connectivity index (χ1v) is 4.77. The van der Waals surface area contributed by atoms with Crippen molar-refractivity contribution in [3.05, 3.63) is 28.8 Å². The van der Waals surface area contributed by atoms with Crippen molar-refractivity contribution in [1.82, 2.24) is 0 Å². The van der Waals surface area contributed by atoms with Crippen LogP contribution in [-0.2, 0) is 0 Å². The SMILES string of the molecule is CSc1c(F)c(F)c(F)c(F)c1C(=O)O. The van der Waals surface area contributed by atoms with Crippen LogP contribution in [0.3, 0.4) is 0 Å². The van der Waals surface area contributed by atoms with Crippen molar-refractivity contribution in [2.75, 3.05) is 6.26 Å². The van der Waals surface area contributed by atoms with E-state index in [1.54, 1.807) is 0 Å². The van der Waals surface area contributed by atoms with Crippen LogP contribution in [0.15, 0.2) is 4.90 Å². The van der Waals surface area contributed by atoms with Gasteiger partial charge in [-0.15, -0.1) is 11.8 Å². The van der Waals surface area contributed by atoms with E-state index in [2.05, 4.69) is 0 Å². The Labute approximate surface area is 85.9 Å². The van der Waals surface area contributed by atoms with Crippen LogP contribution in [0.2, 0.25) is 0 Å². The van der Waals surface area contributed by atoms with Crippen molar-refractivity contribution in [3.63, 3.8) is 0 Å². The molecule has 0 unspecified atom stereocenters. The Morgan fingerprint density at radius 1 is 1.07 bits per heavy atom. The molecule has 0 fully saturated rings. The highest BCUT2D eigenvalue weighted by atomic mass is 32.2. The van der Waals surface area contributed by atoms with Crippen LogP contribution in [0.1, 0.15) is 10.4 Å². The Morgan fingerprint density at radius 3 is 1.93 bits per heavy atom. The summed E-state index contributed by atoms with van der Waals surface area (Å²) in [5.41, 5.74) is -1.20. The maximum atomic E-state index is 13.0. The first-order valence-electron chi connectivity index (χ1n) is 3.55. The van der Waals surface area contributed by atoms with Gasteiger partial charge in [-0.2, -0.15) is 0 Å². The molecule has 0 bridgehead atoms. The molecule has 0 amide bonds. The van der Waals surface area contributed by atoms with Gasteiger partial charge in [-0.3, -0.25) is 0 Å². The van der Waals surface area contributed by atoms with Gasteiger partial charge in [0.1, 0.15) is 5.56 Å². The molecule has 0 saturated heterocycles. The number of benzene rings is 1. The summed E-state index contributed by atoms with van der Waals surface area (Å²) in [6, 6.07) is 0. The van der Waals surface area contributed by atoms with Gasteiger partial charge in [0.2, 0.25) is 0 Å². The van der Waals surface area contributed by atoms with Crippen LogP contribution < -0.4 is 0 Å². The fourth-order valence-corrected chi connectivity index (χ4v) is 1.64. The average molecular weight is 240 g/mol. The van der Waals surface area contributed by atoms with Crippen molar-refractivity contribution < 1.29 is 27.5 Å². The monoisotopic (exact) mass is 240 g/mol. The summed E-state index contributed by atoms with van der Waals surface area (Å²) in [7, 11) is 0. The van der Waals surface area contributed by atoms with Crippen molar-refractivity contribution in [2.24, 2.45) is 0 Å². The fraction of sp³-hybridized carbons (Fsp3) is 0.125. The molecule has 0 aliphatic rings. The van der Waals surface area contributed by atoms with Gasteiger partial charge in [-0.25, -0.2) is 22.4 Å². The van der Waals surface area contributed by atoms with Crippen LogP contribution in [0.5, 0.6) is 0 Å². The second-order valence-corrected chi connectivity index (χ2v) is 3.29. The van der Waals surface area contributed by atoms with Gasteiger partial charge in [0.15, 0.2) is 23.3 Å². The molecule has 0 heterocycles. The molecule has 1 aromatic carbocycles. The van der Waals surface area contributed by atoms with Crippen LogP contribution >= 0.6 is 11.8 Å². The quantitative estimate of drug-likeness (QED) is 0.373. The third-order valence-electron chi connectivity index (χ3n) is 1.64. The van der Waals surface area contributed by atoms with Gasteiger partial charge in [-0.05, 0) is 6.26 Å². The van der Waals surface area contributed by atoms with Crippen molar-refractivity contribution in [3.8, 4) is 0 Å². The van der Waals surface area contributed by atoms with Crippen LogP contribution in [0.25, 0.3) is 0 Å². The molecule has 0 aliphatic carbocycles. The average Bonchev–Trinajstić information content (AvgIpc) is 2.19. The van der Waals surface area contributed by atoms with Crippen molar-refractivity contribution in [2.45, 2.75) is 4.90 Å². The van der Waals surface area contributed by atoms with E-state index in [0.29, 0.717) is 11.8 Å². The summed E-state index contributed by atoms with van der Waals surface area (Å²) < 4.78 is 51.3. The summed E-state index contributed by atoms with van der Waals surface area (Å²) in [5.74, 6) is -9.58. The molecule has 0 spiro atoms. The van der Waals surface area contributed by atoms with Crippen molar-refractivity contribution >= 4 is 17.7 Å². The highest BCUT2D eigenvalue weighted by Crippen LogP contribution is 2.30. The number of carboxylic acid groups (broad SMARTS) is 1. The lowest BCUT2D eigenvalue weighted by molar-refractivity contribution is 0.0684.